The molecule has 0 radical (unpaired) electrons. The summed E-state index contributed by atoms with van der Waals surface area (Å²) in [6.45, 7) is 4.45. The third-order valence-corrected chi connectivity index (χ3v) is 7.43. The van der Waals surface area contributed by atoms with Crippen LogP contribution in [0.25, 0.3) is 32.8 Å². The zero-order valence-corrected chi connectivity index (χ0v) is 18.1. The first-order chi connectivity index (χ1) is 14.6. The average Bonchev–Trinajstić information content (AvgIpc) is 2.79. The second kappa shape index (κ2) is 6.57. The lowest BCUT2D eigenvalue weighted by atomic mass is 9.82. The molecule has 0 unspecified atom stereocenters. The van der Waals surface area contributed by atoms with Gasteiger partial charge in [-0.15, -0.1) is 0 Å². The van der Waals surface area contributed by atoms with E-state index < -0.39 is 0 Å². The molecule has 2 heterocycles. The van der Waals surface area contributed by atoms with E-state index >= 15 is 0 Å². The number of aromatic nitrogens is 1. The average molecular weight is 395 g/mol. The van der Waals surface area contributed by atoms with Crippen molar-refractivity contribution in [2.24, 2.45) is 7.05 Å². The first-order valence-corrected chi connectivity index (χ1v) is 11.3. The van der Waals surface area contributed by atoms with Gasteiger partial charge in [0.15, 0.2) is 6.20 Å². The molecule has 30 heavy (non-hydrogen) atoms. The van der Waals surface area contributed by atoms with Gasteiger partial charge in [0.25, 0.3) is 0 Å². The van der Waals surface area contributed by atoms with Crippen LogP contribution in [0.15, 0.2) is 48.7 Å². The summed E-state index contributed by atoms with van der Waals surface area (Å²) in [5, 5.41) is 5.16. The Kier molecular flexibility index (Phi) is 3.93. The van der Waals surface area contributed by atoms with Gasteiger partial charge in [-0.3, -0.25) is 0 Å². The molecule has 1 saturated carbocycles. The number of fused-ring (bicyclic) bond motifs is 3. The molecule has 1 aromatic heterocycles. The Morgan fingerprint density at radius 3 is 2.40 bits per heavy atom. The number of benzene rings is 3. The number of pyridine rings is 1. The first kappa shape index (κ1) is 17.9. The number of nitrogens with zero attached hydrogens (tertiary/aromatic N) is 1. The third kappa shape index (κ3) is 2.46. The molecule has 0 spiro atoms. The van der Waals surface area contributed by atoms with Crippen molar-refractivity contribution in [1.29, 1.82) is 0 Å². The number of ether oxygens (including phenoxy) is 1. The monoisotopic (exact) mass is 394 g/mol. The maximum atomic E-state index is 6.74. The fraction of sp³-hybridized carbons (Fsp3) is 0.321. The van der Waals surface area contributed by atoms with Crippen LogP contribution in [0.1, 0.15) is 54.7 Å². The van der Waals surface area contributed by atoms with Gasteiger partial charge in [-0.2, -0.15) is 0 Å². The topological polar surface area (TPSA) is 13.1 Å². The summed E-state index contributed by atoms with van der Waals surface area (Å²) < 4.78 is 9.01. The molecule has 6 rings (SSSR count). The van der Waals surface area contributed by atoms with Gasteiger partial charge in [-0.25, -0.2) is 4.57 Å². The summed E-state index contributed by atoms with van der Waals surface area (Å²) >= 11 is 0. The largest absolute Gasteiger partial charge is 0.455 e. The normalized spacial score (nSPS) is 16.0. The zero-order valence-electron chi connectivity index (χ0n) is 18.1. The Hall–Kier alpha value is -2.87. The molecule has 1 aliphatic carbocycles. The lowest BCUT2D eigenvalue weighted by Gasteiger charge is -2.27. The minimum Gasteiger partial charge on any atom is -0.455 e. The molecule has 2 heteroatoms. The van der Waals surface area contributed by atoms with Gasteiger partial charge in [-0.05, 0) is 66.0 Å². The Bertz CT molecular complexity index is 1330. The molecule has 0 atom stereocenters. The molecular formula is C28H28NO+. The van der Waals surface area contributed by atoms with Crippen molar-refractivity contribution in [1.82, 2.24) is 0 Å². The van der Waals surface area contributed by atoms with Crippen LogP contribution in [-0.2, 0) is 7.05 Å². The minimum absolute atomic E-state index is 0.668. The predicted octanol–water partition coefficient (Wildman–Crippen LogP) is 7.25. The maximum absolute atomic E-state index is 6.74. The van der Waals surface area contributed by atoms with Crippen LogP contribution in [0.5, 0.6) is 11.5 Å². The van der Waals surface area contributed by atoms with E-state index in [4.69, 9.17) is 4.74 Å². The minimum atomic E-state index is 0.668. The van der Waals surface area contributed by atoms with Gasteiger partial charge in [0.2, 0.25) is 5.69 Å². The molecule has 2 nitrogen and oxygen atoms in total. The van der Waals surface area contributed by atoms with E-state index in [0.29, 0.717) is 5.92 Å². The lowest BCUT2D eigenvalue weighted by molar-refractivity contribution is -0.659. The van der Waals surface area contributed by atoms with E-state index in [9.17, 15) is 0 Å². The number of hydrogen-bond acceptors (Lipinski definition) is 1. The smallest absolute Gasteiger partial charge is 0.228 e. The molecule has 150 valence electrons. The maximum Gasteiger partial charge on any atom is 0.228 e. The Labute approximate surface area is 178 Å². The molecule has 0 N–H and O–H groups in total. The van der Waals surface area contributed by atoms with Crippen molar-refractivity contribution in [3.8, 4) is 22.8 Å². The molecule has 3 aromatic carbocycles. The summed E-state index contributed by atoms with van der Waals surface area (Å²) in [6.07, 6.45) is 8.90. The van der Waals surface area contributed by atoms with Crippen LogP contribution in [0.3, 0.4) is 0 Å². The van der Waals surface area contributed by atoms with E-state index in [2.05, 4.69) is 74.1 Å². The van der Waals surface area contributed by atoms with Gasteiger partial charge in [-0.1, -0.05) is 49.6 Å². The Morgan fingerprint density at radius 1 is 0.900 bits per heavy atom. The third-order valence-electron chi connectivity index (χ3n) is 7.43. The van der Waals surface area contributed by atoms with Crippen LogP contribution in [0.2, 0.25) is 0 Å². The number of hydrogen-bond donors (Lipinski definition) is 0. The molecule has 0 saturated heterocycles. The van der Waals surface area contributed by atoms with Crippen LogP contribution >= 0.6 is 0 Å². The quantitative estimate of drug-likeness (QED) is 0.273. The van der Waals surface area contributed by atoms with Crippen LogP contribution in [0, 0.1) is 13.8 Å². The second-order valence-electron chi connectivity index (χ2n) is 9.20. The SMILES string of the molecule is Cc1c2c(c(C)c3ccccc13)-c1c3c(cc(C4CCCCC4)cc3cc[n+]1C)O2. The highest BCUT2D eigenvalue weighted by Crippen LogP contribution is 2.51. The first-order valence-electron chi connectivity index (χ1n) is 11.3. The Balaban J connectivity index is 1.68. The molecule has 0 amide bonds. The van der Waals surface area contributed by atoms with Crippen LogP contribution in [0.4, 0.5) is 0 Å². The molecular weight excluding hydrogens is 366 g/mol. The summed E-state index contributed by atoms with van der Waals surface area (Å²) in [6, 6.07) is 15.7. The standard InChI is InChI=1S/C28H28NO/c1-17-22-11-7-8-12-23(22)18(2)28-25(17)27-26-20(13-14-29(27)3)15-21(16-24(26)30-28)19-9-5-4-6-10-19/h7-8,11-16,19H,4-6,9-10H2,1-3H3/q+1. The second-order valence-corrected chi connectivity index (χ2v) is 9.20. The summed E-state index contributed by atoms with van der Waals surface area (Å²) in [5.41, 5.74) is 6.52. The van der Waals surface area contributed by atoms with Gasteiger partial charge in [0.05, 0.1) is 10.9 Å². The van der Waals surface area contributed by atoms with Crippen molar-refractivity contribution in [3.63, 3.8) is 0 Å². The molecule has 0 bridgehead atoms. The van der Waals surface area contributed by atoms with Crippen molar-refractivity contribution >= 4 is 21.5 Å². The van der Waals surface area contributed by atoms with E-state index in [-0.39, 0.29) is 0 Å². The van der Waals surface area contributed by atoms with Crippen LogP contribution in [-0.4, -0.2) is 0 Å². The highest BCUT2D eigenvalue weighted by Gasteiger charge is 2.32. The summed E-state index contributed by atoms with van der Waals surface area (Å²) in [5.74, 6) is 2.73. The van der Waals surface area contributed by atoms with Crippen molar-refractivity contribution in [2.45, 2.75) is 51.9 Å². The number of aryl methyl sites for hydroxylation is 3. The predicted molar refractivity (Wildman–Crippen MR) is 123 cm³/mol. The fourth-order valence-corrected chi connectivity index (χ4v) is 5.82. The van der Waals surface area contributed by atoms with Gasteiger partial charge < -0.3 is 4.74 Å². The highest BCUT2D eigenvalue weighted by atomic mass is 16.5. The molecule has 2 aliphatic rings. The van der Waals surface area contributed by atoms with Crippen LogP contribution < -0.4 is 9.30 Å². The highest BCUT2D eigenvalue weighted by molar-refractivity contribution is 6.06. The number of rotatable bonds is 1. The van der Waals surface area contributed by atoms with Gasteiger partial charge >= 0.3 is 0 Å². The van der Waals surface area contributed by atoms with Crippen molar-refractivity contribution in [3.05, 3.63) is 65.4 Å². The van der Waals surface area contributed by atoms with E-state index in [1.165, 1.54) is 81.6 Å². The van der Waals surface area contributed by atoms with E-state index in [1.54, 1.807) is 0 Å². The van der Waals surface area contributed by atoms with Crippen molar-refractivity contribution in [2.75, 3.05) is 0 Å². The molecule has 4 aromatic rings. The van der Waals surface area contributed by atoms with E-state index in [1.807, 2.05) is 0 Å². The fourth-order valence-electron chi connectivity index (χ4n) is 5.82. The molecule has 1 fully saturated rings. The van der Waals surface area contributed by atoms with Gasteiger partial charge in [0.1, 0.15) is 18.5 Å². The van der Waals surface area contributed by atoms with Crippen molar-refractivity contribution < 1.29 is 9.30 Å². The lowest BCUT2D eigenvalue weighted by Crippen LogP contribution is -2.32. The van der Waals surface area contributed by atoms with Gasteiger partial charge in [0, 0.05) is 11.6 Å². The zero-order chi connectivity index (χ0) is 20.4. The summed E-state index contributed by atoms with van der Waals surface area (Å²) in [7, 11) is 2.16. The molecule has 1 aliphatic heterocycles. The Morgan fingerprint density at radius 2 is 1.63 bits per heavy atom. The summed E-state index contributed by atoms with van der Waals surface area (Å²) in [4.78, 5) is 0. The van der Waals surface area contributed by atoms with E-state index in [0.717, 1.165) is 11.5 Å².